The van der Waals surface area contributed by atoms with Crippen molar-refractivity contribution in [3.8, 4) is 11.8 Å². The predicted molar refractivity (Wildman–Crippen MR) is 128 cm³/mol. The lowest BCUT2D eigenvalue weighted by Gasteiger charge is -2.13. The van der Waals surface area contributed by atoms with Crippen LogP contribution in [-0.4, -0.2) is 18.9 Å². The molecule has 5 rings (SSSR count). The molecule has 0 aliphatic carbocycles. The Kier molecular flexibility index (Phi) is 5.24. The van der Waals surface area contributed by atoms with Crippen LogP contribution in [0.1, 0.15) is 16.8 Å². The summed E-state index contributed by atoms with van der Waals surface area (Å²) < 4.78 is 3.04. The Morgan fingerprint density at radius 1 is 1.00 bits per heavy atom. The first-order valence-corrected chi connectivity index (χ1v) is 11.2. The van der Waals surface area contributed by atoms with Gasteiger partial charge in [-0.2, -0.15) is 5.26 Å². The van der Waals surface area contributed by atoms with Gasteiger partial charge in [-0.15, -0.1) is 0 Å². The molecule has 0 aliphatic rings. The zero-order chi connectivity index (χ0) is 22.9. The van der Waals surface area contributed by atoms with Gasteiger partial charge in [-0.1, -0.05) is 23.9 Å². The third-order valence-corrected chi connectivity index (χ3v) is 6.20. The average molecular weight is 452 g/mol. The van der Waals surface area contributed by atoms with Crippen molar-refractivity contribution in [3.63, 3.8) is 0 Å². The smallest absolute Gasteiger partial charge is 0.266 e. The largest absolute Gasteiger partial charge is 0.269 e. The van der Waals surface area contributed by atoms with E-state index in [-0.39, 0.29) is 11.1 Å². The third kappa shape index (κ3) is 3.90. The molecule has 0 aliphatic heterocycles. The number of fused-ring (bicyclic) bond motifs is 2. The lowest BCUT2D eigenvalue weighted by Crippen LogP contribution is -2.22. The minimum absolute atomic E-state index is 0.161. The number of nitrogens with zero attached hydrogens (tertiary/aromatic N) is 5. The molecule has 0 bridgehead atoms. The molecule has 2 aromatic carbocycles. The summed E-state index contributed by atoms with van der Waals surface area (Å²) in [7, 11) is 0. The second-order valence-corrected chi connectivity index (χ2v) is 8.46. The van der Waals surface area contributed by atoms with Gasteiger partial charge in [-0.05, 0) is 61.0 Å². The molecule has 5 aromatic rings. The summed E-state index contributed by atoms with van der Waals surface area (Å²) in [6.45, 7) is 1.95. The van der Waals surface area contributed by atoms with Gasteiger partial charge in [0.15, 0.2) is 5.16 Å². The maximum absolute atomic E-state index is 13.4. The highest BCUT2D eigenvalue weighted by atomic mass is 32.2. The van der Waals surface area contributed by atoms with Crippen LogP contribution in [0.3, 0.4) is 0 Å². The van der Waals surface area contributed by atoms with E-state index in [1.165, 1.54) is 26.8 Å². The van der Waals surface area contributed by atoms with Crippen molar-refractivity contribution in [2.24, 2.45) is 0 Å². The first-order valence-electron chi connectivity index (χ1n) is 10.2. The zero-order valence-electron chi connectivity index (χ0n) is 17.6. The summed E-state index contributed by atoms with van der Waals surface area (Å²) in [4.78, 5) is 35.2. The number of aryl methyl sites for hydroxylation is 1. The Labute approximate surface area is 192 Å². The van der Waals surface area contributed by atoms with Crippen molar-refractivity contribution >= 4 is 28.3 Å². The maximum atomic E-state index is 13.4. The van der Waals surface area contributed by atoms with E-state index in [9.17, 15) is 9.59 Å². The Balaban J connectivity index is 1.60. The summed E-state index contributed by atoms with van der Waals surface area (Å²) in [5, 5.41) is 10.1. The van der Waals surface area contributed by atoms with Gasteiger partial charge in [-0.3, -0.25) is 18.6 Å². The van der Waals surface area contributed by atoms with Gasteiger partial charge >= 0.3 is 0 Å². The van der Waals surface area contributed by atoms with Gasteiger partial charge < -0.3 is 0 Å². The quantitative estimate of drug-likeness (QED) is 0.304. The van der Waals surface area contributed by atoms with Gasteiger partial charge in [0.25, 0.3) is 11.1 Å². The lowest BCUT2D eigenvalue weighted by atomic mass is 10.2. The molecule has 160 valence electrons. The Bertz CT molecular complexity index is 1680. The molecule has 0 N–H and O–H groups in total. The first-order chi connectivity index (χ1) is 16.0. The summed E-state index contributed by atoms with van der Waals surface area (Å²) in [6, 6.07) is 21.3. The Hall–Kier alpha value is -4.22. The minimum atomic E-state index is -0.199. The van der Waals surface area contributed by atoms with E-state index >= 15 is 0 Å². The van der Waals surface area contributed by atoms with Gasteiger partial charge in [0.05, 0.1) is 33.9 Å². The standard InChI is InChI=1S/C25H17N5O2S/c1-16-10-11-29-22(12-16)27-18(13-23(29)31)15-33-25-28-21-5-3-2-4-20(21)24(32)30(25)19-8-6-17(14-26)7-9-19/h2-13H,15H2,1H3. The molecule has 0 radical (unpaired) electrons. The van der Waals surface area contributed by atoms with Crippen molar-refractivity contribution in [2.45, 2.75) is 17.8 Å². The molecule has 7 nitrogen and oxygen atoms in total. The third-order valence-electron chi connectivity index (χ3n) is 5.22. The molecule has 3 aromatic heterocycles. The van der Waals surface area contributed by atoms with Crippen molar-refractivity contribution in [3.05, 3.63) is 110 Å². The van der Waals surface area contributed by atoms with Crippen LogP contribution in [0, 0.1) is 18.3 Å². The number of thioether (sulfide) groups is 1. The van der Waals surface area contributed by atoms with E-state index in [2.05, 4.69) is 11.1 Å². The molecule has 0 amide bonds. The van der Waals surface area contributed by atoms with Crippen LogP contribution in [0.5, 0.6) is 0 Å². The number of pyridine rings is 1. The van der Waals surface area contributed by atoms with Crippen LogP contribution >= 0.6 is 11.8 Å². The fraction of sp³-hybridized carbons (Fsp3) is 0.0800. The summed E-state index contributed by atoms with van der Waals surface area (Å²) in [5.74, 6) is 0.362. The molecule has 0 saturated carbocycles. The molecular formula is C25H17N5O2S. The number of aromatic nitrogens is 4. The number of rotatable bonds is 4. The lowest BCUT2D eigenvalue weighted by molar-refractivity contribution is 0.819. The topological polar surface area (TPSA) is 93.0 Å². The van der Waals surface area contributed by atoms with Gasteiger partial charge in [0.1, 0.15) is 5.65 Å². The van der Waals surface area contributed by atoms with Gasteiger partial charge in [0.2, 0.25) is 0 Å². The summed E-state index contributed by atoms with van der Waals surface area (Å²) >= 11 is 1.33. The molecule has 0 spiro atoms. The minimum Gasteiger partial charge on any atom is -0.269 e. The Morgan fingerprint density at radius 2 is 1.79 bits per heavy atom. The number of para-hydroxylation sites is 1. The molecular weight excluding hydrogens is 434 g/mol. The second kappa shape index (κ2) is 8.37. The van der Waals surface area contributed by atoms with Crippen LogP contribution in [0.2, 0.25) is 0 Å². The molecule has 0 saturated heterocycles. The first kappa shape index (κ1) is 20.7. The van der Waals surface area contributed by atoms with Gasteiger partial charge in [0, 0.05) is 18.0 Å². The average Bonchev–Trinajstić information content (AvgIpc) is 2.83. The second-order valence-electron chi connectivity index (χ2n) is 7.52. The molecule has 8 heteroatoms. The van der Waals surface area contributed by atoms with E-state index < -0.39 is 0 Å². The highest BCUT2D eigenvalue weighted by molar-refractivity contribution is 7.98. The fourth-order valence-electron chi connectivity index (χ4n) is 3.59. The molecule has 33 heavy (non-hydrogen) atoms. The van der Waals surface area contributed by atoms with E-state index in [1.807, 2.05) is 25.1 Å². The highest BCUT2D eigenvalue weighted by Crippen LogP contribution is 2.24. The fourth-order valence-corrected chi connectivity index (χ4v) is 4.49. The number of hydrogen-bond acceptors (Lipinski definition) is 6. The summed E-state index contributed by atoms with van der Waals surface area (Å²) in [6.07, 6.45) is 1.71. The van der Waals surface area contributed by atoms with Crippen LogP contribution in [0.15, 0.2) is 87.7 Å². The molecule has 0 unspecified atom stereocenters. The van der Waals surface area contributed by atoms with Crippen LogP contribution < -0.4 is 11.1 Å². The van der Waals surface area contributed by atoms with Crippen LogP contribution in [0.25, 0.3) is 22.2 Å². The van der Waals surface area contributed by atoms with Crippen molar-refractivity contribution in [1.29, 1.82) is 5.26 Å². The molecule has 3 heterocycles. The number of benzene rings is 2. The maximum Gasteiger partial charge on any atom is 0.266 e. The van der Waals surface area contributed by atoms with Crippen molar-refractivity contribution in [1.82, 2.24) is 18.9 Å². The molecule has 0 atom stereocenters. The number of nitriles is 1. The monoisotopic (exact) mass is 451 g/mol. The van der Waals surface area contributed by atoms with Crippen molar-refractivity contribution in [2.75, 3.05) is 0 Å². The highest BCUT2D eigenvalue weighted by Gasteiger charge is 2.14. The van der Waals surface area contributed by atoms with E-state index in [0.717, 1.165) is 5.56 Å². The van der Waals surface area contributed by atoms with Crippen LogP contribution in [-0.2, 0) is 5.75 Å². The van der Waals surface area contributed by atoms with Gasteiger partial charge in [-0.25, -0.2) is 9.97 Å². The Morgan fingerprint density at radius 3 is 2.58 bits per heavy atom. The van der Waals surface area contributed by atoms with Crippen LogP contribution in [0.4, 0.5) is 0 Å². The molecule has 0 fully saturated rings. The van der Waals surface area contributed by atoms with Crippen molar-refractivity contribution < 1.29 is 0 Å². The number of hydrogen-bond donors (Lipinski definition) is 0. The summed E-state index contributed by atoms with van der Waals surface area (Å²) in [5.41, 5.74) is 3.54. The van der Waals surface area contributed by atoms with E-state index in [0.29, 0.717) is 44.4 Å². The van der Waals surface area contributed by atoms with E-state index in [4.69, 9.17) is 10.2 Å². The van der Waals surface area contributed by atoms with E-state index in [1.54, 1.807) is 48.7 Å². The normalized spacial score (nSPS) is 11.0. The predicted octanol–water partition coefficient (Wildman–Crippen LogP) is 3.87. The zero-order valence-corrected chi connectivity index (χ0v) is 18.4. The SMILES string of the molecule is Cc1ccn2c(=O)cc(CSc3nc4ccccc4c(=O)n3-c3ccc(C#N)cc3)nc2c1.